The molecule has 9 aromatic carbocycles. The predicted octanol–water partition coefficient (Wildman–Crippen LogP) is 15.8. The number of rotatable bonds is 6. The molecule has 3 nitrogen and oxygen atoms in total. The normalized spacial score (nSPS) is 14.1. The molecule has 9 aromatic rings. The van der Waals surface area contributed by atoms with E-state index in [1.807, 2.05) is 0 Å². The molecule has 0 unspecified atom stereocenters. The van der Waals surface area contributed by atoms with Crippen molar-refractivity contribution in [3.63, 3.8) is 0 Å². The molecule has 2 heterocycles. The molecule has 1 aliphatic carbocycles. The lowest BCUT2D eigenvalue weighted by molar-refractivity contribution is 0.590. The van der Waals surface area contributed by atoms with Crippen LogP contribution in [0.15, 0.2) is 206 Å². The number of nitrogens with zero attached hydrogens (tertiary/aromatic N) is 3. The quantitative estimate of drug-likeness (QED) is 0.154. The van der Waals surface area contributed by atoms with Crippen molar-refractivity contribution in [2.24, 2.45) is 0 Å². The van der Waals surface area contributed by atoms with Crippen LogP contribution in [0.4, 0.5) is 51.2 Å². The summed E-state index contributed by atoms with van der Waals surface area (Å²) in [7, 11) is 0. The summed E-state index contributed by atoms with van der Waals surface area (Å²) in [5.41, 5.74) is 24.8. The monoisotopic (exact) mass is 891 g/mol. The number of fused-ring (bicyclic) bond motifs is 7. The molecule has 0 bridgehead atoms. The lowest BCUT2D eigenvalue weighted by atomic mass is 9.33. The Hall–Kier alpha value is -7.56. The Morgan fingerprint density at radius 1 is 0.391 bits per heavy atom. The molecule has 4 heteroatoms. The lowest BCUT2D eigenvalue weighted by Gasteiger charge is -2.45. The molecule has 3 aliphatic rings. The second kappa shape index (κ2) is 15.8. The molecular weight excluding hydrogens is 834 g/mol. The molecular formula is C65H58BN3. The van der Waals surface area contributed by atoms with Crippen molar-refractivity contribution in [2.45, 2.75) is 71.6 Å². The summed E-state index contributed by atoms with van der Waals surface area (Å²) >= 11 is 0. The van der Waals surface area contributed by atoms with Gasteiger partial charge in [-0.1, -0.05) is 183 Å². The maximum absolute atomic E-state index is 2.58. The highest BCUT2D eigenvalue weighted by Gasteiger charge is 2.45. The van der Waals surface area contributed by atoms with Crippen LogP contribution in [0, 0.1) is 0 Å². The van der Waals surface area contributed by atoms with Crippen LogP contribution in [0.5, 0.6) is 0 Å². The Morgan fingerprint density at radius 2 is 0.957 bits per heavy atom. The van der Waals surface area contributed by atoms with Gasteiger partial charge in [0.25, 0.3) is 6.71 Å². The van der Waals surface area contributed by atoms with E-state index in [2.05, 4.69) is 276 Å². The first-order valence-corrected chi connectivity index (χ1v) is 24.6. The Balaban J connectivity index is 1.11. The number of para-hydroxylation sites is 1. The van der Waals surface area contributed by atoms with Gasteiger partial charge in [0.2, 0.25) is 0 Å². The molecule has 0 aromatic heterocycles. The molecule has 2 aliphatic heterocycles. The van der Waals surface area contributed by atoms with E-state index in [-0.39, 0.29) is 23.0 Å². The van der Waals surface area contributed by atoms with E-state index in [4.69, 9.17) is 0 Å². The lowest BCUT2D eigenvalue weighted by Crippen LogP contribution is -2.61. The Morgan fingerprint density at radius 3 is 1.65 bits per heavy atom. The third-order valence-electron chi connectivity index (χ3n) is 15.2. The minimum Gasteiger partial charge on any atom is -0.311 e. The van der Waals surface area contributed by atoms with Gasteiger partial charge in [-0.15, -0.1) is 0 Å². The van der Waals surface area contributed by atoms with Gasteiger partial charge in [0.15, 0.2) is 0 Å². The number of hydrogen-bond donors (Lipinski definition) is 0. The van der Waals surface area contributed by atoms with Gasteiger partial charge >= 0.3 is 0 Å². The van der Waals surface area contributed by atoms with E-state index in [0.29, 0.717) is 0 Å². The highest BCUT2D eigenvalue weighted by Crippen LogP contribution is 2.52. The van der Waals surface area contributed by atoms with Crippen LogP contribution in [-0.2, 0) is 16.2 Å². The second-order valence-corrected chi connectivity index (χ2v) is 21.9. The van der Waals surface area contributed by atoms with Gasteiger partial charge in [-0.3, -0.25) is 0 Å². The van der Waals surface area contributed by atoms with Gasteiger partial charge in [-0.25, -0.2) is 0 Å². The fraction of sp³-hybridized carbons (Fsp3) is 0.169. The minimum absolute atomic E-state index is 0.00986. The molecule has 69 heavy (non-hydrogen) atoms. The fourth-order valence-corrected chi connectivity index (χ4v) is 11.5. The molecule has 12 rings (SSSR count). The molecule has 0 N–H and O–H groups in total. The van der Waals surface area contributed by atoms with Gasteiger partial charge in [0, 0.05) is 56.6 Å². The summed E-state index contributed by atoms with van der Waals surface area (Å²) in [5.74, 6) is 0. The summed E-state index contributed by atoms with van der Waals surface area (Å²) in [5, 5.41) is 0. The van der Waals surface area contributed by atoms with Gasteiger partial charge in [0.1, 0.15) is 0 Å². The molecule has 0 spiro atoms. The third-order valence-corrected chi connectivity index (χ3v) is 15.2. The number of benzene rings is 9. The van der Waals surface area contributed by atoms with Crippen LogP contribution in [0.2, 0.25) is 0 Å². The van der Waals surface area contributed by atoms with Crippen LogP contribution in [0.3, 0.4) is 0 Å². The SMILES string of the molecule is CC(C)(C)c1ccc(N2c3ccc(C(C)(C)C)cc3B3c4ccc(N(c5ccccc5)c5ccc(-c6ccccc6)cc5)cc4N(c4ccc5c(c4)C(C)(C)c4ccccc4-5)c4cccc2c43)cc1. The highest BCUT2D eigenvalue weighted by molar-refractivity contribution is 7.00. The maximum Gasteiger partial charge on any atom is 0.252 e. The topological polar surface area (TPSA) is 9.72 Å². The van der Waals surface area contributed by atoms with Crippen molar-refractivity contribution in [3.05, 3.63) is 229 Å². The zero-order chi connectivity index (χ0) is 47.4. The van der Waals surface area contributed by atoms with E-state index < -0.39 is 0 Å². The zero-order valence-electron chi connectivity index (χ0n) is 41.0. The van der Waals surface area contributed by atoms with Crippen LogP contribution in [0.1, 0.15) is 77.6 Å². The highest BCUT2D eigenvalue weighted by atomic mass is 15.2. The van der Waals surface area contributed by atoms with Crippen molar-refractivity contribution in [3.8, 4) is 22.3 Å². The predicted molar refractivity (Wildman–Crippen MR) is 296 cm³/mol. The van der Waals surface area contributed by atoms with Gasteiger partial charge in [-0.05, 0) is 151 Å². The van der Waals surface area contributed by atoms with Gasteiger partial charge < -0.3 is 14.7 Å². The maximum atomic E-state index is 2.58. The second-order valence-electron chi connectivity index (χ2n) is 21.9. The Kier molecular flexibility index (Phi) is 9.77. The molecule has 0 saturated heterocycles. The standard InChI is InChI=1S/C65H58BN3/c1-63(2,3)45-28-33-49(34-29-45)68-58-39-30-46(64(4,5)6)40-57(58)66-56-38-36-51(67(47-20-13-10-14-21-47)48-31-26-44(27-32-48)43-18-11-9-12-19-43)42-61(56)69(60-25-17-24-59(68)62(60)66)50-35-37-53-52-22-15-16-23-54(52)65(7,8)55(53)41-50/h9-42H,1-8H3. The first-order valence-electron chi connectivity index (χ1n) is 24.6. The van der Waals surface area contributed by atoms with Crippen molar-refractivity contribution < 1.29 is 0 Å². The van der Waals surface area contributed by atoms with Crippen molar-refractivity contribution in [1.82, 2.24) is 0 Å². The van der Waals surface area contributed by atoms with Crippen LogP contribution < -0.4 is 31.1 Å². The zero-order valence-corrected chi connectivity index (χ0v) is 41.0. The summed E-state index contributed by atoms with van der Waals surface area (Å²) in [6.45, 7) is 18.6. The number of hydrogen-bond acceptors (Lipinski definition) is 3. The largest absolute Gasteiger partial charge is 0.311 e. The molecule has 0 radical (unpaired) electrons. The average Bonchev–Trinajstić information content (AvgIpc) is 3.59. The summed E-state index contributed by atoms with van der Waals surface area (Å²) < 4.78 is 0. The van der Waals surface area contributed by atoms with Crippen LogP contribution in [0.25, 0.3) is 22.3 Å². The minimum atomic E-state index is -0.157. The molecule has 0 atom stereocenters. The third kappa shape index (κ3) is 6.94. The Labute approximate surface area is 409 Å². The summed E-state index contributed by atoms with van der Waals surface area (Å²) in [6.07, 6.45) is 0. The van der Waals surface area contributed by atoms with Gasteiger partial charge in [-0.2, -0.15) is 0 Å². The van der Waals surface area contributed by atoms with E-state index in [0.717, 1.165) is 22.7 Å². The molecule has 0 saturated carbocycles. The van der Waals surface area contributed by atoms with Crippen molar-refractivity contribution in [1.29, 1.82) is 0 Å². The van der Waals surface area contributed by atoms with E-state index in [1.165, 1.54) is 89.3 Å². The fourth-order valence-electron chi connectivity index (χ4n) is 11.5. The first kappa shape index (κ1) is 42.8. The van der Waals surface area contributed by atoms with E-state index in [1.54, 1.807) is 0 Å². The summed E-state index contributed by atoms with van der Waals surface area (Å²) in [4.78, 5) is 7.52. The smallest absolute Gasteiger partial charge is 0.252 e. The van der Waals surface area contributed by atoms with E-state index in [9.17, 15) is 0 Å². The Bertz CT molecular complexity index is 3430. The van der Waals surface area contributed by atoms with Crippen molar-refractivity contribution >= 4 is 74.3 Å². The van der Waals surface area contributed by atoms with Crippen LogP contribution >= 0.6 is 0 Å². The molecule has 336 valence electrons. The van der Waals surface area contributed by atoms with Crippen molar-refractivity contribution in [2.75, 3.05) is 14.7 Å². The summed E-state index contributed by atoms with van der Waals surface area (Å²) in [6, 6.07) is 77.5. The van der Waals surface area contributed by atoms with E-state index >= 15 is 0 Å². The first-order chi connectivity index (χ1) is 33.3. The van der Waals surface area contributed by atoms with Crippen LogP contribution in [-0.4, -0.2) is 6.71 Å². The molecule has 0 amide bonds. The van der Waals surface area contributed by atoms with Gasteiger partial charge in [0.05, 0.1) is 0 Å². The average molecular weight is 892 g/mol. The molecule has 0 fully saturated rings. The number of anilines is 9.